The summed E-state index contributed by atoms with van der Waals surface area (Å²) in [4.78, 5) is 45.9. The second-order valence-corrected chi connectivity index (χ2v) is 16.3. The summed E-state index contributed by atoms with van der Waals surface area (Å²) in [6.07, 6.45) is 39.5. The van der Waals surface area contributed by atoms with Gasteiger partial charge in [-0.2, -0.15) is 0 Å². The van der Waals surface area contributed by atoms with Gasteiger partial charge >= 0.3 is 25.7 Å². The molecule has 0 heterocycles. The molecule has 0 fully saturated rings. The Balaban J connectivity index is 4.36. The van der Waals surface area contributed by atoms with Gasteiger partial charge in [0.1, 0.15) is 12.6 Å². The van der Waals surface area contributed by atoms with Gasteiger partial charge in [-0.15, -0.1) is 0 Å². The highest BCUT2D eigenvalue weighted by Gasteiger charge is 2.28. The number of carbonyl (C=O) groups excluding carboxylic acids is 2. The van der Waals surface area contributed by atoms with Crippen molar-refractivity contribution in [2.24, 2.45) is 5.73 Å². The fourth-order valence-electron chi connectivity index (χ4n) is 5.98. The summed E-state index contributed by atoms with van der Waals surface area (Å²) in [5, 5.41) is 8.88. The van der Waals surface area contributed by atoms with E-state index in [1.807, 2.05) is 0 Å². The first kappa shape index (κ1) is 53.0. The summed E-state index contributed by atoms with van der Waals surface area (Å²) in [6.45, 7) is 2.78. The molecule has 0 saturated heterocycles. The van der Waals surface area contributed by atoms with Gasteiger partial charge in [0.15, 0.2) is 6.10 Å². The van der Waals surface area contributed by atoms with Crippen LogP contribution < -0.4 is 5.73 Å². The predicted octanol–water partition coefficient (Wildman–Crippen LogP) is 11.5. The minimum Gasteiger partial charge on any atom is -0.480 e. The van der Waals surface area contributed by atoms with Crippen molar-refractivity contribution in [3.63, 3.8) is 0 Å². The molecule has 322 valence electrons. The van der Waals surface area contributed by atoms with Crippen LogP contribution in [0.3, 0.4) is 0 Å². The molecule has 0 aliphatic rings. The second kappa shape index (κ2) is 38.8. The molecule has 0 amide bonds. The highest BCUT2D eigenvalue weighted by Crippen LogP contribution is 2.43. The first-order chi connectivity index (χ1) is 26.6. The zero-order valence-electron chi connectivity index (χ0n) is 34.8. The summed E-state index contributed by atoms with van der Waals surface area (Å²) in [5.41, 5.74) is 5.33. The molecule has 11 nitrogen and oxygen atoms in total. The van der Waals surface area contributed by atoms with E-state index in [2.05, 4.69) is 42.7 Å². The van der Waals surface area contributed by atoms with Crippen molar-refractivity contribution in [1.29, 1.82) is 0 Å². The number of ether oxygens (including phenoxy) is 2. The van der Waals surface area contributed by atoms with E-state index in [9.17, 15) is 23.8 Å². The number of allylic oxidation sites excluding steroid dienone is 4. The minimum absolute atomic E-state index is 0.162. The Bertz CT molecular complexity index is 1040. The monoisotopic (exact) mass is 802 g/mol. The van der Waals surface area contributed by atoms with E-state index in [-0.39, 0.29) is 19.4 Å². The number of phosphoric acid groups is 1. The zero-order valence-corrected chi connectivity index (χ0v) is 35.7. The van der Waals surface area contributed by atoms with E-state index in [1.165, 1.54) is 96.3 Å². The summed E-state index contributed by atoms with van der Waals surface area (Å²) in [6, 6.07) is -1.52. The SMILES string of the molecule is CCCCC/C=C/C/C=C/CCCCCCCC(=O)OC[C@H](COP(=O)(O)OC[C@H](N)C(=O)O)OC(=O)CCCCCCCCCCCCCCCCCC. The molecule has 0 aromatic rings. The quantitative estimate of drug-likeness (QED) is 0.0232. The molecule has 0 spiro atoms. The van der Waals surface area contributed by atoms with E-state index >= 15 is 0 Å². The lowest BCUT2D eigenvalue weighted by molar-refractivity contribution is -0.161. The molecule has 0 saturated carbocycles. The number of carbonyl (C=O) groups is 3. The Labute approximate surface area is 334 Å². The van der Waals surface area contributed by atoms with Crippen LogP contribution in [0.2, 0.25) is 0 Å². The van der Waals surface area contributed by atoms with Crippen LogP contribution in [0, 0.1) is 0 Å². The van der Waals surface area contributed by atoms with Crippen LogP contribution in [0.5, 0.6) is 0 Å². The summed E-state index contributed by atoms with van der Waals surface area (Å²) < 4.78 is 32.7. The van der Waals surface area contributed by atoms with Crippen LogP contribution in [-0.4, -0.2) is 59.9 Å². The number of hydrogen-bond donors (Lipinski definition) is 3. The third-order valence-electron chi connectivity index (χ3n) is 9.45. The van der Waals surface area contributed by atoms with Gasteiger partial charge in [-0.1, -0.05) is 167 Å². The third kappa shape index (κ3) is 38.6. The average molecular weight is 802 g/mol. The lowest BCUT2D eigenvalue weighted by Gasteiger charge is -2.20. The lowest BCUT2D eigenvalue weighted by Crippen LogP contribution is -2.34. The van der Waals surface area contributed by atoms with Crippen molar-refractivity contribution in [2.75, 3.05) is 19.8 Å². The fraction of sp³-hybridized carbons (Fsp3) is 0.837. The van der Waals surface area contributed by atoms with Gasteiger partial charge in [0.05, 0.1) is 13.2 Å². The van der Waals surface area contributed by atoms with Crippen molar-refractivity contribution in [2.45, 2.75) is 212 Å². The molecular weight excluding hydrogens is 721 g/mol. The maximum Gasteiger partial charge on any atom is 0.472 e. The number of unbranched alkanes of at least 4 members (excludes halogenated alkanes) is 23. The van der Waals surface area contributed by atoms with Gasteiger partial charge < -0.3 is 25.2 Å². The van der Waals surface area contributed by atoms with Crippen molar-refractivity contribution in [3.05, 3.63) is 24.3 Å². The number of phosphoric ester groups is 1. The fourth-order valence-corrected chi connectivity index (χ4v) is 6.76. The Morgan fingerprint density at radius 2 is 0.964 bits per heavy atom. The van der Waals surface area contributed by atoms with Crippen LogP contribution in [-0.2, 0) is 37.5 Å². The molecule has 12 heteroatoms. The van der Waals surface area contributed by atoms with Gasteiger partial charge in [-0.3, -0.25) is 23.4 Å². The van der Waals surface area contributed by atoms with E-state index in [4.69, 9.17) is 24.8 Å². The summed E-state index contributed by atoms with van der Waals surface area (Å²) in [5.74, 6) is -2.39. The predicted molar refractivity (Wildman–Crippen MR) is 222 cm³/mol. The van der Waals surface area contributed by atoms with Crippen LogP contribution in [0.15, 0.2) is 24.3 Å². The van der Waals surface area contributed by atoms with Gasteiger partial charge in [0.25, 0.3) is 0 Å². The molecule has 0 aromatic heterocycles. The smallest absolute Gasteiger partial charge is 0.472 e. The minimum atomic E-state index is -4.71. The molecule has 4 N–H and O–H groups in total. The van der Waals surface area contributed by atoms with Crippen molar-refractivity contribution < 1.29 is 47.5 Å². The third-order valence-corrected chi connectivity index (χ3v) is 10.4. The molecule has 0 bridgehead atoms. The van der Waals surface area contributed by atoms with Gasteiger partial charge in [-0.05, 0) is 44.9 Å². The summed E-state index contributed by atoms with van der Waals surface area (Å²) >= 11 is 0. The first-order valence-corrected chi connectivity index (χ1v) is 23.4. The van der Waals surface area contributed by atoms with Crippen molar-refractivity contribution in [3.8, 4) is 0 Å². The number of aliphatic carboxylic acids is 1. The largest absolute Gasteiger partial charge is 0.480 e. The molecule has 3 atom stereocenters. The van der Waals surface area contributed by atoms with Crippen molar-refractivity contribution >= 4 is 25.7 Å². The Hall–Kier alpha value is -2.04. The molecule has 0 aromatic carbocycles. The Kier molecular flexibility index (Phi) is 37.4. The number of carboxylic acids is 1. The van der Waals surface area contributed by atoms with Crippen LogP contribution in [0.25, 0.3) is 0 Å². The molecule has 0 aliphatic heterocycles. The molecule has 1 unspecified atom stereocenters. The highest BCUT2D eigenvalue weighted by molar-refractivity contribution is 7.47. The molecule has 0 radical (unpaired) electrons. The number of nitrogens with two attached hydrogens (primary N) is 1. The van der Waals surface area contributed by atoms with E-state index < -0.39 is 51.1 Å². The standard InChI is InChI=1S/C43H80NO10P/c1-3-5-7-9-11-13-15-17-19-21-23-25-27-29-31-33-35-42(46)54-39(37-52-55(49,50)53-38-40(44)43(47)48)36-51-41(45)34-32-30-28-26-24-22-20-18-16-14-12-10-8-6-4-2/h12,14,18,20,39-40H,3-11,13,15-17,19,21-38,44H2,1-2H3,(H,47,48)(H,49,50)/b14-12+,20-18+/t39-,40+/m1/s1. The second-order valence-electron chi connectivity index (χ2n) is 14.8. The van der Waals surface area contributed by atoms with E-state index in [1.54, 1.807) is 0 Å². The Morgan fingerprint density at radius 3 is 1.45 bits per heavy atom. The molecule has 0 rings (SSSR count). The average Bonchev–Trinajstić information content (AvgIpc) is 3.16. The number of carboxylic acid groups (broad SMARTS) is 1. The normalized spacial score (nSPS) is 14.0. The summed E-state index contributed by atoms with van der Waals surface area (Å²) in [7, 11) is -4.71. The Morgan fingerprint density at radius 1 is 0.564 bits per heavy atom. The lowest BCUT2D eigenvalue weighted by atomic mass is 10.0. The molecular formula is C43H80NO10P. The topological polar surface area (TPSA) is 172 Å². The zero-order chi connectivity index (χ0) is 40.7. The van der Waals surface area contributed by atoms with E-state index in [0.717, 1.165) is 64.2 Å². The van der Waals surface area contributed by atoms with Crippen LogP contribution in [0.1, 0.15) is 200 Å². The molecule has 55 heavy (non-hydrogen) atoms. The van der Waals surface area contributed by atoms with Crippen molar-refractivity contribution in [1.82, 2.24) is 0 Å². The van der Waals surface area contributed by atoms with Gasteiger partial charge in [0, 0.05) is 12.8 Å². The number of rotatable bonds is 41. The number of esters is 2. The number of hydrogen-bond acceptors (Lipinski definition) is 9. The van der Waals surface area contributed by atoms with E-state index in [0.29, 0.717) is 12.8 Å². The van der Waals surface area contributed by atoms with Gasteiger partial charge in [0.2, 0.25) is 0 Å². The van der Waals surface area contributed by atoms with Gasteiger partial charge in [-0.25, -0.2) is 4.57 Å². The van der Waals surface area contributed by atoms with Crippen LogP contribution in [0.4, 0.5) is 0 Å². The molecule has 0 aliphatic carbocycles. The first-order valence-electron chi connectivity index (χ1n) is 21.9. The highest BCUT2D eigenvalue weighted by atomic mass is 31.2. The van der Waals surface area contributed by atoms with Crippen LogP contribution >= 0.6 is 7.82 Å². The maximum absolute atomic E-state index is 12.6. The maximum atomic E-state index is 12.6.